The number of aromatic nitrogens is 2. The largest absolute Gasteiger partial charge is 0.309 e. The highest BCUT2D eigenvalue weighted by molar-refractivity contribution is 8.00. The van der Waals surface area contributed by atoms with Gasteiger partial charge >= 0.3 is 0 Å². The second-order valence-corrected chi connectivity index (χ2v) is 6.51. The third-order valence-corrected chi connectivity index (χ3v) is 5.17. The molecule has 0 saturated carbocycles. The standard InChI is InChI=1S/C13H23N3S/c1-4-14-12(13(3)7-6-8-17-13)11-9-15-16(5-2)10-11/h9-10,12,14H,4-8H2,1-3H3. The van der Waals surface area contributed by atoms with Crippen LogP contribution in [0.2, 0.25) is 0 Å². The number of rotatable bonds is 5. The van der Waals surface area contributed by atoms with Crippen molar-refractivity contribution in [2.75, 3.05) is 12.3 Å². The Hall–Kier alpha value is -0.480. The van der Waals surface area contributed by atoms with Crippen molar-refractivity contribution in [1.29, 1.82) is 0 Å². The van der Waals surface area contributed by atoms with E-state index in [0.29, 0.717) is 10.8 Å². The highest BCUT2D eigenvalue weighted by Crippen LogP contribution is 2.46. The summed E-state index contributed by atoms with van der Waals surface area (Å²) in [6, 6.07) is 0.431. The first-order valence-electron chi connectivity index (χ1n) is 6.59. The van der Waals surface area contributed by atoms with Crippen LogP contribution in [-0.2, 0) is 6.54 Å². The van der Waals surface area contributed by atoms with E-state index in [2.05, 4.69) is 49.1 Å². The van der Waals surface area contributed by atoms with E-state index in [1.54, 1.807) is 0 Å². The molecule has 0 spiro atoms. The van der Waals surface area contributed by atoms with E-state index in [-0.39, 0.29) is 0 Å². The van der Waals surface area contributed by atoms with Crippen molar-refractivity contribution in [2.24, 2.45) is 0 Å². The fraction of sp³-hybridized carbons (Fsp3) is 0.769. The number of nitrogens with zero attached hydrogens (tertiary/aromatic N) is 2. The van der Waals surface area contributed by atoms with Crippen LogP contribution in [0.15, 0.2) is 12.4 Å². The predicted octanol–water partition coefficient (Wildman–Crippen LogP) is 2.84. The molecule has 1 fully saturated rings. The normalized spacial score (nSPS) is 26.3. The summed E-state index contributed by atoms with van der Waals surface area (Å²) in [5, 5.41) is 8.05. The maximum absolute atomic E-state index is 4.41. The lowest BCUT2D eigenvalue weighted by molar-refractivity contribution is 0.421. The minimum absolute atomic E-state index is 0.331. The number of thioether (sulfide) groups is 1. The minimum Gasteiger partial charge on any atom is -0.309 e. The van der Waals surface area contributed by atoms with Crippen molar-refractivity contribution in [2.45, 2.75) is 50.9 Å². The number of hydrogen-bond acceptors (Lipinski definition) is 3. The summed E-state index contributed by atoms with van der Waals surface area (Å²) in [5.41, 5.74) is 1.34. The van der Waals surface area contributed by atoms with Crippen LogP contribution in [0.25, 0.3) is 0 Å². The number of hydrogen-bond donors (Lipinski definition) is 1. The van der Waals surface area contributed by atoms with Gasteiger partial charge in [-0.05, 0) is 39.0 Å². The second kappa shape index (κ2) is 5.44. The smallest absolute Gasteiger partial charge is 0.0538 e. The average Bonchev–Trinajstić information content (AvgIpc) is 2.95. The SMILES string of the molecule is CCNC(c1cnn(CC)c1)C1(C)CCCS1. The summed E-state index contributed by atoms with van der Waals surface area (Å²) in [7, 11) is 0. The van der Waals surface area contributed by atoms with Gasteiger partial charge in [0.1, 0.15) is 0 Å². The average molecular weight is 253 g/mol. The summed E-state index contributed by atoms with van der Waals surface area (Å²) in [4.78, 5) is 0. The van der Waals surface area contributed by atoms with Crippen molar-refractivity contribution >= 4 is 11.8 Å². The fourth-order valence-electron chi connectivity index (χ4n) is 2.62. The van der Waals surface area contributed by atoms with Crippen molar-refractivity contribution in [3.05, 3.63) is 18.0 Å². The van der Waals surface area contributed by atoms with Gasteiger partial charge in [0.05, 0.1) is 6.20 Å². The summed E-state index contributed by atoms with van der Waals surface area (Å²) in [6.45, 7) is 8.66. The molecule has 4 heteroatoms. The molecule has 17 heavy (non-hydrogen) atoms. The molecule has 0 amide bonds. The second-order valence-electron chi connectivity index (χ2n) is 4.88. The van der Waals surface area contributed by atoms with Crippen molar-refractivity contribution in [3.63, 3.8) is 0 Å². The van der Waals surface area contributed by atoms with Crippen molar-refractivity contribution < 1.29 is 0 Å². The molecular formula is C13H23N3S. The third-order valence-electron chi connectivity index (χ3n) is 3.58. The van der Waals surface area contributed by atoms with Gasteiger partial charge in [0.15, 0.2) is 0 Å². The molecule has 1 aliphatic rings. The van der Waals surface area contributed by atoms with Gasteiger partial charge in [-0.15, -0.1) is 0 Å². The summed E-state index contributed by atoms with van der Waals surface area (Å²) in [5.74, 6) is 1.29. The van der Waals surface area contributed by atoms with Crippen LogP contribution in [0.5, 0.6) is 0 Å². The van der Waals surface area contributed by atoms with E-state index in [1.807, 2.05) is 10.9 Å². The monoisotopic (exact) mass is 253 g/mol. The molecule has 0 radical (unpaired) electrons. The van der Waals surface area contributed by atoms with Crippen molar-refractivity contribution in [3.8, 4) is 0 Å². The highest BCUT2D eigenvalue weighted by atomic mass is 32.2. The maximum atomic E-state index is 4.41. The first-order chi connectivity index (χ1) is 8.19. The highest BCUT2D eigenvalue weighted by Gasteiger charge is 2.38. The molecule has 2 unspecified atom stereocenters. The molecule has 3 nitrogen and oxygen atoms in total. The molecule has 0 bridgehead atoms. The third kappa shape index (κ3) is 2.68. The first-order valence-corrected chi connectivity index (χ1v) is 7.58. The van der Waals surface area contributed by atoms with Crippen LogP contribution in [0.3, 0.4) is 0 Å². The Bertz CT molecular complexity index is 355. The molecule has 1 N–H and O–H groups in total. The maximum Gasteiger partial charge on any atom is 0.0538 e. The minimum atomic E-state index is 0.331. The Morgan fingerprint density at radius 2 is 2.41 bits per heavy atom. The predicted molar refractivity (Wildman–Crippen MR) is 74.4 cm³/mol. The Labute approximate surface area is 108 Å². The van der Waals surface area contributed by atoms with Crippen LogP contribution in [0, 0.1) is 0 Å². The molecule has 0 aromatic carbocycles. The molecule has 2 rings (SSSR count). The number of aryl methyl sites for hydroxylation is 1. The first kappa shape index (κ1) is 13.0. The lowest BCUT2D eigenvalue weighted by Crippen LogP contribution is -2.37. The molecule has 1 aromatic rings. The lowest BCUT2D eigenvalue weighted by Gasteiger charge is -2.33. The van der Waals surface area contributed by atoms with Gasteiger partial charge in [-0.1, -0.05) is 6.92 Å². The quantitative estimate of drug-likeness (QED) is 0.875. The van der Waals surface area contributed by atoms with E-state index in [0.717, 1.165) is 13.1 Å². The van der Waals surface area contributed by atoms with E-state index in [4.69, 9.17) is 0 Å². The number of nitrogens with one attached hydrogen (secondary N) is 1. The Morgan fingerprint density at radius 3 is 2.94 bits per heavy atom. The molecule has 1 saturated heterocycles. The van der Waals surface area contributed by atoms with Gasteiger partial charge in [0, 0.05) is 29.1 Å². The Kier molecular flexibility index (Phi) is 4.15. The molecule has 1 aromatic heterocycles. The molecule has 96 valence electrons. The van der Waals surface area contributed by atoms with Gasteiger partial charge in [-0.3, -0.25) is 4.68 Å². The summed E-state index contributed by atoms with van der Waals surface area (Å²) < 4.78 is 2.35. The van der Waals surface area contributed by atoms with Gasteiger partial charge in [-0.25, -0.2) is 0 Å². The molecule has 0 aliphatic carbocycles. The van der Waals surface area contributed by atoms with Crippen molar-refractivity contribution in [1.82, 2.24) is 15.1 Å². The zero-order valence-corrected chi connectivity index (χ0v) is 11.9. The van der Waals surface area contributed by atoms with Crippen LogP contribution < -0.4 is 5.32 Å². The van der Waals surface area contributed by atoms with E-state index in [1.165, 1.54) is 24.2 Å². The molecule has 2 atom stereocenters. The summed E-state index contributed by atoms with van der Waals surface area (Å²) >= 11 is 2.10. The van der Waals surface area contributed by atoms with Crippen LogP contribution >= 0.6 is 11.8 Å². The fourth-order valence-corrected chi connectivity index (χ4v) is 4.05. The lowest BCUT2D eigenvalue weighted by atomic mass is 9.92. The van der Waals surface area contributed by atoms with Gasteiger partial charge < -0.3 is 5.32 Å². The van der Waals surface area contributed by atoms with Crippen LogP contribution in [0.1, 0.15) is 45.2 Å². The Morgan fingerprint density at radius 1 is 1.59 bits per heavy atom. The Balaban J connectivity index is 2.21. The molecular weight excluding hydrogens is 230 g/mol. The molecule has 2 heterocycles. The topological polar surface area (TPSA) is 29.9 Å². The van der Waals surface area contributed by atoms with Gasteiger partial charge in [0.2, 0.25) is 0 Å². The zero-order valence-electron chi connectivity index (χ0n) is 11.1. The summed E-state index contributed by atoms with van der Waals surface area (Å²) in [6.07, 6.45) is 6.86. The molecule has 1 aliphatic heterocycles. The van der Waals surface area contributed by atoms with E-state index in [9.17, 15) is 0 Å². The van der Waals surface area contributed by atoms with Crippen LogP contribution in [-0.4, -0.2) is 26.8 Å². The van der Waals surface area contributed by atoms with E-state index >= 15 is 0 Å². The van der Waals surface area contributed by atoms with Gasteiger partial charge in [-0.2, -0.15) is 16.9 Å². The van der Waals surface area contributed by atoms with E-state index < -0.39 is 0 Å². The van der Waals surface area contributed by atoms with Crippen LogP contribution in [0.4, 0.5) is 0 Å². The van der Waals surface area contributed by atoms with Gasteiger partial charge in [0.25, 0.3) is 0 Å². The zero-order chi connectivity index (χ0) is 12.3.